The number of anilines is 5. The summed E-state index contributed by atoms with van der Waals surface area (Å²) in [7, 11) is 0. The average Bonchev–Trinajstić information content (AvgIpc) is 2.72. The third-order valence-electron chi connectivity index (χ3n) is 4.84. The monoisotopic (exact) mass is 375 g/mol. The predicted molar refractivity (Wildman–Crippen MR) is 114 cm³/mol. The normalized spacial score (nSPS) is 14.0. The average molecular weight is 375 g/mol. The molecule has 0 spiro atoms. The van der Waals surface area contributed by atoms with Gasteiger partial charge in [0.1, 0.15) is 18.0 Å². The van der Waals surface area contributed by atoms with Gasteiger partial charge in [-0.25, -0.2) is 9.97 Å². The van der Waals surface area contributed by atoms with Crippen molar-refractivity contribution < 1.29 is 4.74 Å². The molecule has 2 aromatic carbocycles. The molecule has 1 aromatic heterocycles. The summed E-state index contributed by atoms with van der Waals surface area (Å²) in [4.78, 5) is 11.1. The molecule has 28 heavy (non-hydrogen) atoms. The number of para-hydroxylation sites is 2. The molecule has 0 aliphatic carbocycles. The Morgan fingerprint density at radius 3 is 2.36 bits per heavy atom. The highest BCUT2D eigenvalue weighted by Crippen LogP contribution is 2.29. The highest BCUT2D eigenvalue weighted by atomic mass is 16.5. The van der Waals surface area contributed by atoms with Gasteiger partial charge in [0.05, 0.1) is 24.6 Å². The molecule has 2 heterocycles. The molecule has 0 amide bonds. The zero-order valence-electron chi connectivity index (χ0n) is 16.3. The Morgan fingerprint density at radius 2 is 1.57 bits per heavy atom. The molecule has 1 fully saturated rings. The van der Waals surface area contributed by atoms with Crippen LogP contribution in [0.4, 0.5) is 28.7 Å². The van der Waals surface area contributed by atoms with Gasteiger partial charge in [0.2, 0.25) is 0 Å². The molecule has 6 heteroatoms. The first-order valence-corrected chi connectivity index (χ1v) is 9.54. The fraction of sp³-hybridized carbons (Fsp3) is 0.273. The van der Waals surface area contributed by atoms with Crippen molar-refractivity contribution >= 4 is 28.7 Å². The van der Waals surface area contributed by atoms with Crippen molar-refractivity contribution in [3.63, 3.8) is 0 Å². The van der Waals surface area contributed by atoms with Gasteiger partial charge in [-0.05, 0) is 43.2 Å². The summed E-state index contributed by atoms with van der Waals surface area (Å²) in [5.74, 6) is 1.51. The summed E-state index contributed by atoms with van der Waals surface area (Å²) in [5, 5.41) is 6.85. The Kier molecular flexibility index (Phi) is 5.39. The van der Waals surface area contributed by atoms with Crippen LogP contribution < -0.4 is 15.5 Å². The van der Waals surface area contributed by atoms with E-state index in [2.05, 4.69) is 75.7 Å². The van der Waals surface area contributed by atoms with Crippen molar-refractivity contribution in [3.8, 4) is 0 Å². The van der Waals surface area contributed by atoms with Crippen molar-refractivity contribution in [3.05, 3.63) is 66.0 Å². The molecule has 1 saturated heterocycles. The second-order valence-electron chi connectivity index (χ2n) is 6.97. The van der Waals surface area contributed by atoms with Crippen LogP contribution in [0.25, 0.3) is 0 Å². The zero-order chi connectivity index (χ0) is 19.3. The molecule has 0 saturated carbocycles. The standard InChI is InChI=1S/C22H25N5O/c1-16-7-8-17(2)19(13-16)26-22-14-21(23-15-24-22)25-18-5-3-4-6-20(18)27-9-11-28-12-10-27/h3-8,13-15H,9-12H2,1-2H3,(H2,23,24,25,26). The molecule has 1 aliphatic rings. The van der Waals surface area contributed by atoms with Gasteiger partial charge in [-0.3, -0.25) is 0 Å². The van der Waals surface area contributed by atoms with Gasteiger partial charge in [-0.15, -0.1) is 0 Å². The Bertz CT molecular complexity index is 953. The van der Waals surface area contributed by atoms with Crippen molar-refractivity contribution in [1.82, 2.24) is 9.97 Å². The van der Waals surface area contributed by atoms with Crippen LogP contribution in [-0.4, -0.2) is 36.3 Å². The quantitative estimate of drug-likeness (QED) is 0.688. The number of morpholine rings is 1. The third kappa shape index (κ3) is 4.23. The van der Waals surface area contributed by atoms with Crippen molar-refractivity contribution in [2.24, 2.45) is 0 Å². The first kappa shape index (κ1) is 18.3. The van der Waals surface area contributed by atoms with Crippen LogP contribution in [0.1, 0.15) is 11.1 Å². The van der Waals surface area contributed by atoms with Crippen LogP contribution in [0.3, 0.4) is 0 Å². The number of ether oxygens (including phenoxy) is 1. The lowest BCUT2D eigenvalue weighted by atomic mass is 10.1. The lowest BCUT2D eigenvalue weighted by molar-refractivity contribution is 0.123. The van der Waals surface area contributed by atoms with E-state index in [1.54, 1.807) is 6.33 Å². The number of hydrogen-bond donors (Lipinski definition) is 2. The molecule has 0 bridgehead atoms. The van der Waals surface area contributed by atoms with E-state index < -0.39 is 0 Å². The van der Waals surface area contributed by atoms with Gasteiger partial charge in [0.15, 0.2) is 0 Å². The van der Waals surface area contributed by atoms with Gasteiger partial charge >= 0.3 is 0 Å². The minimum atomic E-state index is 0.753. The minimum absolute atomic E-state index is 0.753. The minimum Gasteiger partial charge on any atom is -0.378 e. The Morgan fingerprint density at radius 1 is 0.857 bits per heavy atom. The van der Waals surface area contributed by atoms with E-state index in [-0.39, 0.29) is 0 Å². The van der Waals surface area contributed by atoms with Crippen molar-refractivity contribution in [2.75, 3.05) is 41.8 Å². The van der Waals surface area contributed by atoms with E-state index in [1.165, 1.54) is 11.1 Å². The predicted octanol–water partition coefficient (Wildman–Crippen LogP) is 4.42. The molecule has 4 rings (SSSR count). The number of aryl methyl sites for hydroxylation is 2. The van der Waals surface area contributed by atoms with Gasteiger partial charge in [0.25, 0.3) is 0 Å². The maximum absolute atomic E-state index is 5.48. The number of benzene rings is 2. The Hall–Kier alpha value is -3.12. The van der Waals surface area contributed by atoms with Gasteiger partial charge in [0, 0.05) is 24.8 Å². The van der Waals surface area contributed by atoms with E-state index in [4.69, 9.17) is 4.74 Å². The highest BCUT2D eigenvalue weighted by Gasteiger charge is 2.15. The summed E-state index contributed by atoms with van der Waals surface area (Å²) in [6.45, 7) is 7.46. The molecule has 2 N–H and O–H groups in total. The molecule has 1 aliphatic heterocycles. The lowest BCUT2D eigenvalue weighted by Gasteiger charge is -2.30. The van der Waals surface area contributed by atoms with Crippen molar-refractivity contribution in [2.45, 2.75) is 13.8 Å². The van der Waals surface area contributed by atoms with E-state index >= 15 is 0 Å². The van der Waals surface area contributed by atoms with E-state index in [0.29, 0.717) is 0 Å². The molecule has 0 unspecified atom stereocenters. The third-order valence-corrected chi connectivity index (χ3v) is 4.84. The topological polar surface area (TPSA) is 62.3 Å². The fourth-order valence-corrected chi connectivity index (χ4v) is 3.30. The van der Waals surface area contributed by atoms with Gasteiger partial charge in [-0.2, -0.15) is 0 Å². The maximum Gasteiger partial charge on any atom is 0.135 e. The van der Waals surface area contributed by atoms with Crippen LogP contribution in [0.2, 0.25) is 0 Å². The summed E-state index contributed by atoms with van der Waals surface area (Å²) in [6, 6.07) is 16.6. The molecule has 144 valence electrons. The summed E-state index contributed by atoms with van der Waals surface area (Å²) in [6.07, 6.45) is 1.58. The van der Waals surface area contributed by atoms with Gasteiger partial charge in [-0.1, -0.05) is 24.3 Å². The number of aromatic nitrogens is 2. The second kappa shape index (κ2) is 8.27. The maximum atomic E-state index is 5.48. The number of nitrogens with one attached hydrogen (secondary N) is 2. The summed E-state index contributed by atoms with van der Waals surface area (Å²) in [5.41, 5.74) is 5.63. The van der Waals surface area contributed by atoms with E-state index in [1.807, 2.05) is 12.1 Å². The largest absolute Gasteiger partial charge is 0.378 e. The van der Waals surface area contributed by atoms with Gasteiger partial charge < -0.3 is 20.3 Å². The summed E-state index contributed by atoms with van der Waals surface area (Å²) >= 11 is 0. The second-order valence-corrected chi connectivity index (χ2v) is 6.97. The van der Waals surface area contributed by atoms with Crippen molar-refractivity contribution in [1.29, 1.82) is 0 Å². The first-order valence-electron chi connectivity index (χ1n) is 9.54. The Balaban J connectivity index is 1.55. The first-order chi connectivity index (χ1) is 13.7. The van der Waals surface area contributed by atoms with Crippen LogP contribution in [-0.2, 0) is 4.74 Å². The van der Waals surface area contributed by atoms with Crippen LogP contribution in [0.5, 0.6) is 0 Å². The van der Waals surface area contributed by atoms with E-state index in [0.717, 1.165) is 55.0 Å². The van der Waals surface area contributed by atoms with E-state index in [9.17, 15) is 0 Å². The molecular weight excluding hydrogens is 350 g/mol. The molecular formula is C22H25N5O. The number of nitrogens with zero attached hydrogens (tertiary/aromatic N) is 3. The fourth-order valence-electron chi connectivity index (χ4n) is 3.30. The zero-order valence-corrected chi connectivity index (χ0v) is 16.3. The molecule has 0 radical (unpaired) electrons. The van der Waals surface area contributed by atoms with Crippen LogP contribution >= 0.6 is 0 Å². The Labute approximate surface area is 165 Å². The number of rotatable bonds is 5. The molecule has 6 nitrogen and oxygen atoms in total. The lowest BCUT2D eigenvalue weighted by Crippen LogP contribution is -2.36. The van der Waals surface area contributed by atoms with Crippen LogP contribution in [0, 0.1) is 13.8 Å². The SMILES string of the molecule is Cc1ccc(C)c(Nc2cc(Nc3ccccc3N3CCOCC3)ncn2)c1. The van der Waals surface area contributed by atoms with Crippen LogP contribution in [0.15, 0.2) is 54.9 Å². The summed E-state index contributed by atoms with van der Waals surface area (Å²) < 4.78 is 5.48. The molecule has 3 aromatic rings. The molecule has 0 atom stereocenters. The smallest absolute Gasteiger partial charge is 0.135 e. The number of hydrogen-bond acceptors (Lipinski definition) is 6. The highest BCUT2D eigenvalue weighted by molar-refractivity contribution is 5.75.